The lowest BCUT2D eigenvalue weighted by molar-refractivity contribution is -0.122. The Hall–Kier alpha value is -0.650. The van der Waals surface area contributed by atoms with Gasteiger partial charge < -0.3 is 20.1 Å². The minimum Gasteiger partial charge on any atom is -0.378 e. The largest absolute Gasteiger partial charge is 0.378 e. The van der Waals surface area contributed by atoms with Gasteiger partial charge in [-0.3, -0.25) is 4.79 Å². The van der Waals surface area contributed by atoms with Crippen LogP contribution in [-0.2, 0) is 14.3 Å². The Balaban J connectivity index is 2.20. The summed E-state index contributed by atoms with van der Waals surface area (Å²) in [6.45, 7) is 8.73. The van der Waals surface area contributed by atoms with Crippen molar-refractivity contribution in [3.05, 3.63) is 0 Å². The molecule has 1 heterocycles. The molecule has 18 heavy (non-hydrogen) atoms. The van der Waals surface area contributed by atoms with Crippen LogP contribution in [0.25, 0.3) is 0 Å². The summed E-state index contributed by atoms with van der Waals surface area (Å²) in [5.41, 5.74) is -0.277. The Labute approximate surface area is 110 Å². The first kappa shape index (κ1) is 15.4. The molecular weight excluding hydrogens is 232 g/mol. The van der Waals surface area contributed by atoms with Gasteiger partial charge in [0.25, 0.3) is 0 Å². The molecule has 5 nitrogen and oxygen atoms in total. The number of amides is 1. The smallest absolute Gasteiger partial charge is 0.221 e. The second-order valence-electron chi connectivity index (χ2n) is 5.89. The topological polar surface area (TPSA) is 59.6 Å². The van der Waals surface area contributed by atoms with Crippen LogP contribution in [0.2, 0.25) is 0 Å². The van der Waals surface area contributed by atoms with Gasteiger partial charge >= 0.3 is 0 Å². The maximum Gasteiger partial charge on any atom is 0.221 e. The minimum absolute atomic E-state index is 0.0489. The molecule has 106 valence electrons. The van der Waals surface area contributed by atoms with Crippen LogP contribution >= 0.6 is 0 Å². The summed E-state index contributed by atoms with van der Waals surface area (Å²) in [5, 5.41) is 6.21. The van der Waals surface area contributed by atoms with Crippen LogP contribution in [0.3, 0.4) is 0 Å². The maximum atomic E-state index is 11.7. The quantitative estimate of drug-likeness (QED) is 0.736. The maximum absolute atomic E-state index is 11.7. The molecule has 1 saturated heterocycles. The van der Waals surface area contributed by atoms with Crippen LogP contribution < -0.4 is 10.6 Å². The SMILES string of the molecule is COC1(CNC(=O)CCNC(C)(C)C)CCOC1. The second-order valence-corrected chi connectivity index (χ2v) is 5.89. The van der Waals surface area contributed by atoms with Gasteiger partial charge in [0.1, 0.15) is 5.60 Å². The van der Waals surface area contributed by atoms with E-state index in [1.54, 1.807) is 7.11 Å². The van der Waals surface area contributed by atoms with Gasteiger partial charge in [-0.1, -0.05) is 0 Å². The molecule has 0 bridgehead atoms. The molecule has 0 aromatic heterocycles. The number of ether oxygens (including phenoxy) is 2. The average molecular weight is 258 g/mol. The fraction of sp³-hybridized carbons (Fsp3) is 0.923. The Morgan fingerprint density at radius 3 is 2.67 bits per heavy atom. The summed E-state index contributed by atoms with van der Waals surface area (Å²) in [5.74, 6) is 0.0510. The van der Waals surface area contributed by atoms with E-state index in [2.05, 4.69) is 31.4 Å². The van der Waals surface area contributed by atoms with Crippen LogP contribution in [0.1, 0.15) is 33.6 Å². The molecule has 1 aliphatic rings. The van der Waals surface area contributed by atoms with E-state index in [1.165, 1.54) is 0 Å². The third-order valence-corrected chi connectivity index (χ3v) is 3.12. The standard InChI is InChI=1S/C13H26N2O3/c1-12(2,3)15-7-5-11(16)14-9-13(17-4)6-8-18-10-13/h15H,5-10H2,1-4H3,(H,14,16). The van der Waals surface area contributed by atoms with E-state index < -0.39 is 0 Å². The first-order chi connectivity index (χ1) is 8.37. The van der Waals surface area contributed by atoms with Crippen molar-refractivity contribution in [3.63, 3.8) is 0 Å². The number of hydrogen-bond donors (Lipinski definition) is 2. The fourth-order valence-corrected chi connectivity index (χ4v) is 1.86. The van der Waals surface area contributed by atoms with Gasteiger partial charge in [-0.05, 0) is 20.8 Å². The number of methoxy groups -OCH3 is 1. The van der Waals surface area contributed by atoms with E-state index in [0.717, 1.165) is 6.42 Å². The number of rotatable bonds is 6. The summed E-state index contributed by atoms with van der Waals surface area (Å²) in [6.07, 6.45) is 1.32. The number of hydrogen-bond acceptors (Lipinski definition) is 4. The lowest BCUT2D eigenvalue weighted by Gasteiger charge is -2.26. The van der Waals surface area contributed by atoms with Crippen LogP contribution in [0, 0.1) is 0 Å². The zero-order valence-corrected chi connectivity index (χ0v) is 12.0. The van der Waals surface area contributed by atoms with Crippen molar-refractivity contribution in [2.45, 2.75) is 44.8 Å². The highest BCUT2D eigenvalue weighted by atomic mass is 16.5. The third-order valence-electron chi connectivity index (χ3n) is 3.12. The molecule has 0 aromatic rings. The van der Waals surface area contributed by atoms with E-state index >= 15 is 0 Å². The molecular formula is C13H26N2O3. The Kier molecular flexibility index (Phi) is 5.56. The molecule has 0 aromatic carbocycles. The van der Waals surface area contributed by atoms with E-state index in [4.69, 9.17) is 9.47 Å². The van der Waals surface area contributed by atoms with Crippen molar-refractivity contribution < 1.29 is 14.3 Å². The molecule has 1 fully saturated rings. The molecule has 0 spiro atoms. The highest BCUT2D eigenvalue weighted by Gasteiger charge is 2.35. The van der Waals surface area contributed by atoms with E-state index in [0.29, 0.717) is 32.7 Å². The molecule has 1 rings (SSSR count). The molecule has 1 aliphatic heterocycles. The Bertz CT molecular complexity index is 268. The first-order valence-corrected chi connectivity index (χ1v) is 6.52. The van der Waals surface area contributed by atoms with Gasteiger partial charge in [0.15, 0.2) is 0 Å². The average Bonchev–Trinajstić information content (AvgIpc) is 2.74. The molecule has 1 amide bonds. The predicted molar refractivity (Wildman–Crippen MR) is 70.6 cm³/mol. The van der Waals surface area contributed by atoms with Crippen LogP contribution in [-0.4, -0.2) is 50.5 Å². The van der Waals surface area contributed by atoms with Crippen LogP contribution in [0.5, 0.6) is 0 Å². The van der Waals surface area contributed by atoms with Gasteiger partial charge in [-0.2, -0.15) is 0 Å². The van der Waals surface area contributed by atoms with Gasteiger partial charge in [0, 0.05) is 45.2 Å². The summed E-state index contributed by atoms with van der Waals surface area (Å²) in [7, 11) is 1.67. The zero-order valence-electron chi connectivity index (χ0n) is 12.0. The van der Waals surface area contributed by atoms with Crippen molar-refractivity contribution >= 4 is 5.91 Å². The highest BCUT2D eigenvalue weighted by molar-refractivity contribution is 5.76. The summed E-state index contributed by atoms with van der Waals surface area (Å²) in [4.78, 5) is 11.7. The number of nitrogens with one attached hydrogen (secondary N) is 2. The molecule has 5 heteroatoms. The normalized spacial score (nSPS) is 24.2. The summed E-state index contributed by atoms with van der Waals surface area (Å²) >= 11 is 0. The molecule has 2 N–H and O–H groups in total. The van der Waals surface area contributed by atoms with E-state index in [-0.39, 0.29) is 17.0 Å². The van der Waals surface area contributed by atoms with Crippen molar-refractivity contribution in [1.82, 2.24) is 10.6 Å². The van der Waals surface area contributed by atoms with Crippen molar-refractivity contribution in [2.75, 3.05) is 33.4 Å². The third kappa shape index (κ3) is 5.33. The lowest BCUT2D eigenvalue weighted by atomic mass is 10.0. The van der Waals surface area contributed by atoms with Crippen molar-refractivity contribution in [3.8, 4) is 0 Å². The van der Waals surface area contributed by atoms with E-state index in [1.807, 2.05) is 0 Å². The Morgan fingerprint density at radius 2 is 2.17 bits per heavy atom. The fourth-order valence-electron chi connectivity index (χ4n) is 1.86. The highest BCUT2D eigenvalue weighted by Crippen LogP contribution is 2.21. The predicted octanol–water partition coefficient (Wildman–Crippen LogP) is 0.686. The summed E-state index contributed by atoms with van der Waals surface area (Å²) in [6, 6.07) is 0. The summed E-state index contributed by atoms with van der Waals surface area (Å²) < 4.78 is 10.8. The molecule has 0 radical (unpaired) electrons. The number of carbonyl (C=O) groups excluding carboxylic acids is 1. The zero-order chi connectivity index (χ0) is 13.6. The molecule has 1 atom stereocenters. The van der Waals surface area contributed by atoms with Crippen molar-refractivity contribution in [1.29, 1.82) is 0 Å². The molecule has 0 aliphatic carbocycles. The van der Waals surface area contributed by atoms with E-state index in [9.17, 15) is 4.79 Å². The monoisotopic (exact) mass is 258 g/mol. The molecule has 1 unspecified atom stereocenters. The van der Waals surface area contributed by atoms with Gasteiger partial charge in [0.2, 0.25) is 5.91 Å². The minimum atomic E-state index is -0.326. The van der Waals surface area contributed by atoms with Crippen molar-refractivity contribution in [2.24, 2.45) is 0 Å². The first-order valence-electron chi connectivity index (χ1n) is 6.52. The van der Waals surface area contributed by atoms with Crippen LogP contribution in [0.15, 0.2) is 0 Å². The second kappa shape index (κ2) is 6.50. The van der Waals surface area contributed by atoms with Gasteiger partial charge in [0.05, 0.1) is 6.61 Å². The van der Waals surface area contributed by atoms with Gasteiger partial charge in [-0.25, -0.2) is 0 Å². The molecule has 0 saturated carbocycles. The lowest BCUT2D eigenvalue weighted by Crippen LogP contribution is -2.46. The Morgan fingerprint density at radius 1 is 1.44 bits per heavy atom. The van der Waals surface area contributed by atoms with Crippen LogP contribution in [0.4, 0.5) is 0 Å². The number of carbonyl (C=O) groups is 1. The van der Waals surface area contributed by atoms with Gasteiger partial charge in [-0.15, -0.1) is 0 Å².